The van der Waals surface area contributed by atoms with Crippen molar-refractivity contribution in [3.8, 4) is 23.0 Å². The van der Waals surface area contributed by atoms with Crippen molar-refractivity contribution in [3.05, 3.63) is 113 Å². The lowest BCUT2D eigenvalue weighted by Gasteiger charge is -2.25. The highest BCUT2D eigenvalue weighted by atomic mass is 35.5. The topological polar surface area (TPSA) is 97.6 Å². The number of thiazole rings is 1. The molecule has 0 N–H and O–H groups in total. The normalized spacial score (nSPS) is 14.5. The maximum atomic E-state index is 14.1. The summed E-state index contributed by atoms with van der Waals surface area (Å²) in [5.41, 5.74) is 2.28. The first-order valence-electron chi connectivity index (χ1n) is 14.8. The monoisotopic (exact) mass is 680 g/mol. The van der Waals surface area contributed by atoms with Crippen LogP contribution in [0.25, 0.3) is 6.08 Å². The summed E-state index contributed by atoms with van der Waals surface area (Å²) in [4.78, 5) is 32.5. The van der Waals surface area contributed by atoms with Gasteiger partial charge in [0, 0.05) is 0 Å². The van der Waals surface area contributed by atoms with E-state index in [2.05, 4.69) is 4.99 Å². The zero-order valence-corrected chi connectivity index (χ0v) is 28.3. The largest absolute Gasteiger partial charge is 0.493 e. The molecule has 9 nitrogen and oxygen atoms in total. The van der Waals surface area contributed by atoms with E-state index in [9.17, 15) is 14.0 Å². The standard InChI is InChI=1S/C35H34ClFN2O7S/c1-7-44-34(41)30-20(4)38-35-39(31(30)23-10-13-26(46-19(2)3)27(17-23)42-5)33(40)29(47-35)16-22-14-25(36)32(28(15-22)43-6)45-18-21-8-11-24(37)12-9-21/h8-17,19,31H,7,18H2,1-6H3/b29-16-/t31-/m0/s1. The Bertz CT molecular complexity index is 2020. The van der Waals surface area contributed by atoms with Crippen LogP contribution in [0.5, 0.6) is 23.0 Å². The number of methoxy groups -OCH3 is 2. The predicted octanol–water partition coefficient (Wildman–Crippen LogP) is 5.97. The zero-order chi connectivity index (χ0) is 33.8. The molecule has 0 saturated carbocycles. The number of hydrogen-bond acceptors (Lipinski definition) is 9. The number of carbonyl (C=O) groups excluding carboxylic acids is 1. The number of benzene rings is 3. The molecule has 47 heavy (non-hydrogen) atoms. The summed E-state index contributed by atoms with van der Waals surface area (Å²) in [7, 11) is 3.02. The lowest BCUT2D eigenvalue weighted by Crippen LogP contribution is -2.40. The van der Waals surface area contributed by atoms with E-state index in [4.69, 9.17) is 35.3 Å². The second-order valence-corrected chi connectivity index (χ2v) is 12.2. The molecule has 3 aromatic carbocycles. The Labute approximate surface area is 280 Å². The number of aromatic nitrogens is 1. The number of rotatable bonds is 11. The van der Waals surface area contributed by atoms with Gasteiger partial charge < -0.3 is 23.7 Å². The van der Waals surface area contributed by atoms with Crippen LogP contribution in [0.2, 0.25) is 5.02 Å². The summed E-state index contributed by atoms with van der Waals surface area (Å²) < 4.78 is 43.6. The van der Waals surface area contributed by atoms with Gasteiger partial charge in [-0.25, -0.2) is 14.2 Å². The maximum absolute atomic E-state index is 14.1. The lowest BCUT2D eigenvalue weighted by molar-refractivity contribution is -0.139. The van der Waals surface area contributed by atoms with Gasteiger partial charge in [-0.05, 0) is 86.9 Å². The molecular weight excluding hydrogens is 647 g/mol. The SMILES string of the molecule is CCOC(=O)C1=C(C)N=c2s/c(=C\c3cc(Cl)c(OCc4ccc(F)cc4)c(OC)c3)c(=O)n2[C@H]1c1ccc(OC(C)C)c(OC)c1. The van der Waals surface area contributed by atoms with Crippen molar-refractivity contribution in [2.24, 2.45) is 4.99 Å². The second kappa shape index (κ2) is 14.4. The predicted molar refractivity (Wildman–Crippen MR) is 178 cm³/mol. The smallest absolute Gasteiger partial charge is 0.338 e. The number of nitrogens with zero attached hydrogens (tertiary/aromatic N) is 2. The van der Waals surface area contributed by atoms with Crippen molar-refractivity contribution in [3.63, 3.8) is 0 Å². The minimum atomic E-state index is -0.838. The minimum absolute atomic E-state index is 0.0905. The molecule has 0 radical (unpaired) electrons. The van der Waals surface area contributed by atoms with Crippen molar-refractivity contribution < 1.29 is 32.9 Å². The molecule has 0 fully saturated rings. The molecule has 0 bridgehead atoms. The summed E-state index contributed by atoms with van der Waals surface area (Å²) in [6.45, 7) is 7.56. The molecule has 4 aromatic rings. The van der Waals surface area contributed by atoms with E-state index in [0.29, 0.717) is 49.2 Å². The molecule has 0 aliphatic carbocycles. The van der Waals surface area contributed by atoms with Crippen molar-refractivity contribution >= 4 is 35.0 Å². The van der Waals surface area contributed by atoms with Crippen LogP contribution in [0.4, 0.5) is 4.39 Å². The molecule has 1 aliphatic rings. The molecule has 0 amide bonds. The Morgan fingerprint density at radius 1 is 1.06 bits per heavy atom. The van der Waals surface area contributed by atoms with Crippen molar-refractivity contribution in [1.82, 2.24) is 4.57 Å². The average Bonchev–Trinajstić information content (AvgIpc) is 3.34. The van der Waals surface area contributed by atoms with Crippen LogP contribution in [0.1, 0.15) is 50.4 Å². The molecular formula is C35H34ClFN2O7S. The first kappa shape index (κ1) is 33.7. The number of ether oxygens (including phenoxy) is 5. The van der Waals surface area contributed by atoms with Crippen LogP contribution in [0.15, 0.2) is 75.7 Å². The van der Waals surface area contributed by atoms with Gasteiger partial charge in [0.05, 0.1) is 53.8 Å². The Morgan fingerprint density at radius 2 is 1.79 bits per heavy atom. The van der Waals surface area contributed by atoms with Gasteiger partial charge in [-0.2, -0.15) is 0 Å². The minimum Gasteiger partial charge on any atom is -0.493 e. The lowest BCUT2D eigenvalue weighted by atomic mass is 9.95. The molecule has 1 atom stereocenters. The van der Waals surface area contributed by atoms with Crippen molar-refractivity contribution in [2.45, 2.75) is 46.4 Å². The molecule has 5 rings (SSSR count). The number of allylic oxidation sites excluding steroid dienone is 1. The van der Waals surface area contributed by atoms with Gasteiger partial charge in [-0.3, -0.25) is 9.36 Å². The summed E-state index contributed by atoms with van der Waals surface area (Å²) >= 11 is 7.81. The van der Waals surface area contributed by atoms with Gasteiger partial charge >= 0.3 is 5.97 Å². The highest BCUT2D eigenvalue weighted by Crippen LogP contribution is 2.38. The highest BCUT2D eigenvalue weighted by molar-refractivity contribution is 7.07. The molecule has 0 spiro atoms. The van der Waals surface area contributed by atoms with Crippen LogP contribution in [-0.4, -0.2) is 37.5 Å². The quantitative estimate of drug-likeness (QED) is 0.180. The number of halogens is 2. The van der Waals surface area contributed by atoms with Crippen LogP contribution < -0.4 is 33.8 Å². The van der Waals surface area contributed by atoms with Crippen LogP contribution in [0, 0.1) is 5.82 Å². The summed E-state index contributed by atoms with van der Waals surface area (Å²) in [6.07, 6.45) is 1.59. The van der Waals surface area contributed by atoms with Crippen molar-refractivity contribution in [2.75, 3.05) is 20.8 Å². The summed E-state index contributed by atoms with van der Waals surface area (Å²) in [5, 5.41) is 0.264. The number of hydrogen-bond donors (Lipinski definition) is 0. The van der Waals surface area contributed by atoms with Gasteiger partial charge in [-0.1, -0.05) is 41.1 Å². The average molecular weight is 681 g/mol. The Morgan fingerprint density at radius 3 is 2.45 bits per heavy atom. The third kappa shape index (κ3) is 7.21. The van der Waals surface area contributed by atoms with Gasteiger partial charge in [0.2, 0.25) is 0 Å². The van der Waals surface area contributed by atoms with Crippen LogP contribution >= 0.6 is 22.9 Å². The fraction of sp³-hybridized carbons (Fsp3) is 0.286. The van der Waals surface area contributed by atoms with Gasteiger partial charge in [0.1, 0.15) is 12.4 Å². The third-order valence-corrected chi connectivity index (χ3v) is 8.49. The second-order valence-electron chi connectivity index (χ2n) is 10.8. The molecule has 246 valence electrons. The molecule has 0 unspecified atom stereocenters. The van der Waals surface area contributed by atoms with Gasteiger partial charge in [-0.15, -0.1) is 0 Å². The Balaban J connectivity index is 1.59. The summed E-state index contributed by atoms with van der Waals surface area (Å²) in [6, 6.07) is 13.8. The van der Waals surface area contributed by atoms with Crippen LogP contribution in [-0.2, 0) is 16.1 Å². The molecule has 1 aromatic heterocycles. The highest BCUT2D eigenvalue weighted by Gasteiger charge is 2.34. The molecule has 1 aliphatic heterocycles. The van der Waals surface area contributed by atoms with E-state index < -0.39 is 12.0 Å². The Hall–Kier alpha value is -4.61. The number of esters is 1. The summed E-state index contributed by atoms with van der Waals surface area (Å²) in [5.74, 6) is 0.750. The van der Waals surface area contributed by atoms with E-state index in [1.54, 1.807) is 62.4 Å². The first-order valence-corrected chi connectivity index (χ1v) is 16.0. The third-order valence-electron chi connectivity index (χ3n) is 7.23. The molecule has 12 heteroatoms. The molecule has 0 saturated heterocycles. The van der Waals surface area contributed by atoms with Crippen LogP contribution in [0.3, 0.4) is 0 Å². The van der Waals surface area contributed by atoms with Gasteiger partial charge in [0.25, 0.3) is 5.56 Å². The van der Waals surface area contributed by atoms with E-state index in [1.165, 1.54) is 42.3 Å². The van der Waals surface area contributed by atoms with Crippen molar-refractivity contribution in [1.29, 1.82) is 0 Å². The van der Waals surface area contributed by atoms with E-state index >= 15 is 0 Å². The van der Waals surface area contributed by atoms with Gasteiger partial charge in [0.15, 0.2) is 27.8 Å². The zero-order valence-electron chi connectivity index (χ0n) is 26.8. The fourth-order valence-corrected chi connectivity index (χ4v) is 6.48. The maximum Gasteiger partial charge on any atom is 0.338 e. The number of carbonyl (C=O) groups is 1. The number of fused-ring (bicyclic) bond motifs is 1. The Kier molecular flexibility index (Phi) is 10.4. The fourth-order valence-electron chi connectivity index (χ4n) is 5.16. The van der Waals surface area contributed by atoms with E-state index in [0.717, 1.165) is 5.56 Å². The first-order chi connectivity index (χ1) is 22.5. The van der Waals surface area contributed by atoms with E-state index in [-0.39, 0.29) is 41.3 Å². The van der Waals surface area contributed by atoms with E-state index in [1.807, 2.05) is 13.8 Å². The molecule has 2 heterocycles.